The van der Waals surface area contributed by atoms with Gasteiger partial charge in [-0.3, -0.25) is 9.59 Å². The first-order valence-corrected chi connectivity index (χ1v) is 10.4. The molecule has 0 fully saturated rings. The number of ether oxygens (including phenoxy) is 2. The Kier molecular flexibility index (Phi) is 7.60. The average Bonchev–Trinajstić information content (AvgIpc) is 2.80. The van der Waals surface area contributed by atoms with Crippen molar-refractivity contribution >= 4 is 11.8 Å². The van der Waals surface area contributed by atoms with Gasteiger partial charge in [-0.1, -0.05) is 66.2 Å². The number of carbonyl (C=O) groups excluding carboxylic acids is 2. The summed E-state index contributed by atoms with van der Waals surface area (Å²) in [6, 6.07) is 23.2. The topological polar surface area (TPSA) is 52.6 Å². The predicted molar refractivity (Wildman–Crippen MR) is 121 cm³/mol. The highest BCUT2D eigenvalue weighted by molar-refractivity contribution is 6.01. The van der Waals surface area contributed by atoms with Gasteiger partial charge in [0, 0.05) is 17.9 Å². The Bertz CT molecular complexity index is 1040. The molecule has 0 heterocycles. The summed E-state index contributed by atoms with van der Waals surface area (Å²) in [4.78, 5) is 25.3. The van der Waals surface area contributed by atoms with Gasteiger partial charge in [0.1, 0.15) is 12.4 Å². The van der Waals surface area contributed by atoms with Gasteiger partial charge in [0.05, 0.1) is 7.11 Å². The van der Waals surface area contributed by atoms with Crippen LogP contribution in [0.5, 0.6) is 5.75 Å². The van der Waals surface area contributed by atoms with Crippen LogP contribution in [0, 0.1) is 13.8 Å². The lowest BCUT2D eigenvalue weighted by Gasteiger charge is -2.19. The molecule has 3 aromatic carbocycles. The maximum atomic E-state index is 13.5. The van der Waals surface area contributed by atoms with Crippen molar-refractivity contribution in [2.75, 3.05) is 7.11 Å². The Labute approximate surface area is 183 Å². The summed E-state index contributed by atoms with van der Waals surface area (Å²) in [6.07, 6.45) is 0.579. The molecule has 0 amide bonds. The molecule has 0 aromatic heterocycles. The molecule has 160 valence electrons. The summed E-state index contributed by atoms with van der Waals surface area (Å²) in [6.45, 7) is 4.43. The minimum atomic E-state index is -0.427. The van der Waals surface area contributed by atoms with Crippen LogP contribution in [-0.2, 0) is 16.1 Å². The third-order valence-corrected chi connectivity index (χ3v) is 5.36. The number of methoxy groups -OCH3 is 1. The van der Waals surface area contributed by atoms with Crippen LogP contribution in [0.25, 0.3) is 0 Å². The Morgan fingerprint density at radius 3 is 2.42 bits per heavy atom. The molecule has 0 aliphatic carbocycles. The fourth-order valence-electron chi connectivity index (χ4n) is 3.61. The number of esters is 1. The maximum Gasteiger partial charge on any atom is 0.305 e. The summed E-state index contributed by atoms with van der Waals surface area (Å²) in [5.41, 5.74) is 4.69. The number of hydrogen-bond donors (Lipinski definition) is 0. The lowest BCUT2D eigenvalue weighted by atomic mass is 9.84. The zero-order chi connectivity index (χ0) is 22.2. The monoisotopic (exact) mass is 416 g/mol. The summed E-state index contributed by atoms with van der Waals surface area (Å²) < 4.78 is 10.7. The lowest BCUT2D eigenvalue weighted by Crippen LogP contribution is -2.16. The Hall–Kier alpha value is -3.40. The summed E-state index contributed by atoms with van der Waals surface area (Å²) >= 11 is 0. The van der Waals surface area contributed by atoms with Crippen LogP contribution in [0.15, 0.2) is 72.8 Å². The van der Waals surface area contributed by atoms with Gasteiger partial charge in [-0.15, -0.1) is 0 Å². The Morgan fingerprint density at radius 1 is 0.903 bits per heavy atom. The van der Waals surface area contributed by atoms with Crippen molar-refractivity contribution in [1.82, 2.24) is 0 Å². The molecular formula is C27H28O4. The Balaban J connectivity index is 1.84. The van der Waals surface area contributed by atoms with Crippen LogP contribution in [0.2, 0.25) is 0 Å². The number of aryl methyl sites for hydroxylation is 2. The number of carbonyl (C=O) groups is 2. The smallest absolute Gasteiger partial charge is 0.305 e. The molecule has 4 heteroatoms. The highest BCUT2D eigenvalue weighted by atomic mass is 16.5. The number of hydrogen-bond acceptors (Lipinski definition) is 4. The van der Waals surface area contributed by atoms with Crippen molar-refractivity contribution in [3.8, 4) is 5.75 Å². The van der Waals surface area contributed by atoms with Crippen molar-refractivity contribution in [2.45, 2.75) is 39.2 Å². The highest BCUT2D eigenvalue weighted by Crippen LogP contribution is 2.30. The standard InChI is InChI=1S/C27H28O4/c1-19-12-13-20(2)25(16-19)24(14-15-26(28)30-3)27(29)22-10-7-11-23(17-22)31-18-21-8-5-4-6-9-21/h4-13,16-17,24H,14-15,18H2,1-3H3. The fraction of sp³-hybridized carbons (Fsp3) is 0.259. The minimum Gasteiger partial charge on any atom is -0.489 e. The van der Waals surface area contributed by atoms with Crippen LogP contribution < -0.4 is 4.74 Å². The van der Waals surface area contributed by atoms with E-state index in [4.69, 9.17) is 9.47 Å². The number of ketones is 1. The van der Waals surface area contributed by atoms with E-state index in [0.717, 1.165) is 22.3 Å². The summed E-state index contributed by atoms with van der Waals surface area (Å²) in [7, 11) is 1.37. The average molecular weight is 417 g/mol. The molecule has 0 saturated carbocycles. The number of rotatable bonds is 9. The SMILES string of the molecule is COC(=O)CCC(C(=O)c1cccc(OCc2ccccc2)c1)c1cc(C)ccc1C. The first kappa shape index (κ1) is 22.3. The largest absolute Gasteiger partial charge is 0.489 e. The normalized spacial score (nSPS) is 11.6. The maximum absolute atomic E-state index is 13.5. The van der Waals surface area contributed by atoms with Crippen molar-refractivity contribution in [1.29, 1.82) is 0 Å². The highest BCUT2D eigenvalue weighted by Gasteiger charge is 2.25. The second-order valence-electron chi connectivity index (χ2n) is 7.69. The molecule has 31 heavy (non-hydrogen) atoms. The second-order valence-corrected chi connectivity index (χ2v) is 7.69. The van der Waals surface area contributed by atoms with E-state index in [0.29, 0.717) is 24.3 Å². The van der Waals surface area contributed by atoms with E-state index < -0.39 is 5.92 Å². The molecule has 0 aliphatic rings. The number of benzene rings is 3. The van der Waals surface area contributed by atoms with E-state index in [1.807, 2.05) is 74.5 Å². The van der Waals surface area contributed by atoms with Gasteiger partial charge < -0.3 is 9.47 Å². The van der Waals surface area contributed by atoms with Gasteiger partial charge in [0.2, 0.25) is 0 Å². The summed E-state index contributed by atoms with van der Waals surface area (Å²) in [5.74, 6) is -0.128. The van der Waals surface area contributed by atoms with Crippen molar-refractivity contribution in [3.63, 3.8) is 0 Å². The third kappa shape index (κ3) is 6.05. The zero-order valence-electron chi connectivity index (χ0n) is 18.3. The van der Waals surface area contributed by atoms with Crippen LogP contribution in [0.3, 0.4) is 0 Å². The first-order valence-electron chi connectivity index (χ1n) is 10.4. The molecule has 0 N–H and O–H groups in total. The van der Waals surface area contributed by atoms with Gasteiger partial charge in [0.15, 0.2) is 5.78 Å². The molecule has 1 unspecified atom stereocenters. The quantitative estimate of drug-likeness (QED) is 0.327. The predicted octanol–water partition coefficient (Wildman–Crippen LogP) is 5.80. The van der Waals surface area contributed by atoms with E-state index in [-0.39, 0.29) is 18.2 Å². The van der Waals surface area contributed by atoms with Crippen molar-refractivity contribution in [3.05, 3.63) is 101 Å². The van der Waals surface area contributed by atoms with E-state index >= 15 is 0 Å². The lowest BCUT2D eigenvalue weighted by molar-refractivity contribution is -0.140. The van der Waals surface area contributed by atoms with E-state index in [9.17, 15) is 9.59 Å². The molecule has 3 aromatic rings. The molecule has 3 rings (SSSR count). The second kappa shape index (κ2) is 10.6. The third-order valence-electron chi connectivity index (χ3n) is 5.36. The molecule has 4 nitrogen and oxygen atoms in total. The van der Waals surface area contributed by atoms with Gasteiger partial charge in [-0.2, -0.15) is 0 Å². The van der Waals surface area contributed by atoms with Gasteiger partial charge >= 0.3 is 5.97 Å². The van der Waals surface area contributed by atoms with Gasteiger partial charge in [-0.05, 0) is 49.1 Å². The molecule has 0 radical (unpaired) electrons. The molecule has 1 atom stereocenters. The van der Waals surface area contributed by atoms with E-state index in [2.05, 4.69) is 0 Å². The molecule has 0 saturated heterocycles. The first-order chi connectivity index (χ1) is 15.0. The molecule has 0 spiro atoms. The van der Waals surface area contributed by atoms with Crippen LogP contribution in [-0.4, -0.2) is 18.9 Å². The van der Waals surface area contributed by atoms with E-state index in [1.54, 1.807) is 12.1 Å². The number of Topliss-reactive ketones (excluding diaryl/α,β-unsaturated/α-hetero) is 1. The van der Waals surface area contributed by atoms with Crippen LogP contribution in [0.4, 0.5) is 0 Å². The van der Waals surface area contributed by atoms with Crippen molar-refractivity contribution < 1.29 is 19.1 Å². The Morgan fingerprint density at radius 2 is 1.68 bits per heavy atom. The van der Waals surface area contributed by atoms with E-state index in [1.165, 1.54) is 7.11 Å². The summed E-state index contributed by atoms with van der Waals surface area (Å²) in [5, 5.41) is 0. The minimum absolute atomic E-state index is 0.0252. The van der Waals surface area contributed by atoms with Crippen LogP contribution in [0.1, 0.15) is 51.4 Å². The van der Waals surface area contributed by atoms with Gasteiger partial charge in [-0.25, -0.2) is 0 Å². The molecule has 0 aliphatic heterocycles. The van der Waals surface area contributed by atoms with Crippen LogP contribution >= 0.6 is 0 Å². The van der Waals surface area contributed by atoms with Gasteiger partial charge in [0.25, 0.3) is 0 Å². The molecular weight excluding hydrogens is 388 g/mol. The fourth-order valence-corrected chi connectivity index (χ4v) is 3.61. The zero-order valence-corrected chi connectivity index (χ0v) is 18.3. The molecule has 0 bridgehead atoms. The van der Waals surface area contributed by atoms with Crippen molar-refractivity contribution in [2.24, 2.45) is 0 Å².